The number of carbonyl (C=O) groups is 2. The molecule has 0 saturated heterocycles. The summed E-state index contributed by atoms with van der Waals surface area (Å²) in [5, 5.41) is 5.53. The van der Waals surface area contributed by atoms with E-state index in [2.05, 4.69) is 22.8 Å². The summed E-state index contributed by atoms with van der Waals surface area (Å²) in [6, 6.07) is 25.6. The van der Waals surface area contributed by atoms with E-state index in [4.69, 9.17) is 0 Å². The van der Waals surface area contributed by atoms with Crippen molar-refractivity contribution in [1.82, 2.24) is 0 Å². The van der Waals surface area contributed by atoms with Crippen LogP contribution in [0.1, 0.15) is 23.6 Å². The fourth-order valence-electron chi connectivity index (χ4n) is 2.96. The van der Waals surface area contributed by atoms with Crippen molar-refractivity contribution < 1.29 is 9.59 Å². The summed E-state index contributed by atoms with van der Waals surface area (Å²) in [7, 11) is 0. The standard InChI is InChI=1S/C25H26N2O2S/c1-18-12-14-22(15-13-18)26-24(28)17-30-19(2)25(29)27-23-11-7-6-10-21(23)16-20-8-4-3-5-9-20/h3-15,19H,16-17H2,1-2H3,(H,26,28)(H,27,29). The first kappa shape index (κ1) is 21.7. The third-order valence-corrected chi connectivity index (χ3v) is 5.82. The molecule has 2 N–H and O–H groups in total. The van der Waals surface area contributed by atoms with Crippen LogP contribution in [0.5, 0.6) is 0 Å². The number of nitrogens with one attached hydrogen (secondary N) is 2. The highest BCUT2D eigenvalue weighted by Crippen LogP contribution is 2.21. The van der Waals surface area contributed by atoms with Crippen LogP contribution in [0.15, 0.2) is 78.9 Å². The van der Waals surface area contributed by atoms with Crippen molar-refractivity contribution in [2.75, 3.05) is 16.4 Å². The molecule has 3 aromatic carbocycles. The first-order chi connectivity index (χ1) is 14.5. The van der Waals surface area contributed by atoms with Crippen LogP contribution in [-0.4, -0.2) is 22.8 Å². The SMILES string of the molecule is Cc1ccc(NC(=O)CSC(C)C(=O)Nc2ccccc2Cc2ccccc2)cc1. The summed E-state index contributed by atoms with van der Waals surface area (Å²) < 4.78 is 0. The van der Waals surface area contributed by atoms with Gasteiger partial charge in [-0.2, -0.15) is 0 Å². The minimum atomic E-state index is -0.349. The van der Waals surface area contributed by atoms with Gasteiger partial charge in [0.1, 0.15) is 0 Å². The molecule has 4 nitrogen and oxygen atoms in total. The number of hydrogen-bond acceptors (Lipinski definition) is 3. The van der Waals surface area contributed by atoms with Gasteiger partial charge in [-0.3, -0.25) is 9.59 Å². The summed E-state index contributed by atoms with van der Waals surface area (Å²) in [5.41, 5.74) is 4.96. The Morgan fingerprint density at radius 3 is 2.27 bits per heavy atom. The largest absolute Gasteiger partial charge is 0.325 e. The third-order valence-electron chi connectivity index (χ3n) is 4.68. The van der Waals surface area contributed by atoms with Crippen molar-refractivity contribution in [3.63, 3.8) is 0 Å². The number of para-hydroxylation sites is 1. The zero-order valence-corrected chi connectivity index (χ0v) is 18.0. The van der Waals surface area contributed by atoms with Crippen LogP contribution in [0.3, 0.4) is 0 Å². The summed E-state index contributed by atoms with van der Waals surface area (Å²) >= 11 is 1.32. The number of anilines is 2. The third kappa shape index (κ3) is 6.49. The number of amides is 2. The lowest BCUT2D eigenvalue weighted by molar-refractivity contribution is -0.115. The van der Waals surface area contributed by atoms with E-state index in [0.29, 0.717) is 0 Å². The molecule has 3 aromatic rings. The number of carbonyl (C=O) groups excluding carboxylic acids is 2. The molecule has 5 heteroatoms. The predicted octanol–water partition coefficient (Wildman–Crippen LogP) is 5.28. The van der Waals surface area contributed by atoms with Crippen LogP contribution in [0.2, 0.25) is 0 Å². The number of thioether (sulfide) groups is 1. The van der Waals surface area contributed by atoms with Gasteiger partial charge in [-0.25, -0.2) is 0 Å². The lowest BCUT2D eigenvalue weighted by atomic mass is 10.0. The second-order valence-corrected chi connectivity index (χ2v) is 8.51. The Morgan fingerprint density at radius 1 is 0.867 bits per heavy atom. The van der Waals surface area contributed by atoms with Crippen LogP contribution >= 0.6 is 11.8 Å². The van der Waals surface area contributed by atoms with E-state index in [0.717, 1.165) is 28.9 Å². The fraction of sp³-hybridized carbons (Fsp3) is 0.200. The zero-order valence-electron chi connectivity index (χ0n) is 17.2. The molecule has 0 fully saturated rings. The van der Waals surface area contributed by atoms with Gasteiger partial charge in [-0.05, 0) is 49.6 Å². The zero-order chi connectivity index (χ0) is 21.3. The number of benzene rings is 3. The highest BCUT2D eigenvalue weighted by molar-refractivity contribution is 8.01. The van der Waals surface area contributed by atoms with Crippen LogP contribution in [0.4, 0.5) is 11.4 Å². The maximum atomic E-state index is 12.7. The molecular formula is C25H26N2O2S. The molecule has 0 heterocycles. The van der Waals surface area contributed by atoms with Crippen molar-refractivity contribution in [3.05, 3.63) is 95.6 Å². The monoisotopic (exact) mass is 418 g/mol. The minimum absolute atomic E-state index is 0.108. The summed E-state index contributed by atoms with van der Waals surface area (Å²) in [4.78, 5) is 24.8. The molecule has 0 bridgehead atoms. The van der Waals surface area contributed by atoms with Gasteiger partial charge in [0.2, 0.25) is 11.8 Å². The summed E-state index contributed by atoms with van der Waals surface area (Å²) in [6.45, 7) is 3.82. The molecule has 0 spiro atoms. The Labute approximate surface area is 182 Å². The van der Waals surface area contributed by atoms with Crippen LogP contribution in [-0.2, 0) is 16.0 Å². The van der Waals surface area contributed by atoms with Crippen molar-refractivity contribution in [1.29, 1.82) is 0 Å². The number of aryl methyl sites for hydroxylation is 1. The highest BCUT2D eigenvalue weighted by atomic mass is 32.2. The van der Waals surface area contributed by atoms with Gasteiger partial charge in [0, 0.05) is 11.4 Å². The van der Waals surface area contributed by atoms with Gasteiger partial charge < -0.3 is 10.6 Å². The highest BCUT2D eigenvalue weighted by Gasteiger charge is 2.17. The van der Waals surface area contributed by atoms with Gasteiger partial charge in [0.25, 0.3) is 0 Å². The molecule has 0 saturated carbocycles. The molecule has 154 valence electrons. The van der Waals surface area contributed by atoms with E-state index in [1.807, 2.05) is 80.6 Å². The van der Waals surface area contributed by atoms with Crippen molar-refractivity contribution >= 4 is 35.0 Å². The van der Waals surface area contributed by atoms with E-state index in [9.17, 15) is 9.59 Å². The predicted molar refractivity (Wildman–Crippen MR) is 126 cm³/mol. The van der Waals surface area contributed by atoms with Gasteiger partial charge in [-0.1, -0.05) is 66.2 Å². The average molecular weight is 419 g/mol. The molecule has 1 unspecified atom stereocenters. The summed E-state index contributed by atoms with van der Waals surface area (Å²) in [5.74, 6) is -0.00895. The van der Waals surface area contributed by atoms with Gasteiger partial charge in [0.15, 0.2) is 0 Å². The Bertz CT molecular complexity index is 988. The van der Waals surface area contributed by atoms with Gasteiger partial charge in [-0.15, -0.1) is 11.8 Å². The maximum absolute atomic E-state index is 12.7. The molecule has 30 heavy (non-hydrogen) atoms. The van der Waals surface area contributed by atoms with E-state index < -0.39 is 0 Å². The molecular weight excluding hydrogens is 392 g/mol. The molecule has 3 rings (SSSR count). The smallest absolute Gasteiger partial charge is 0.237 e. The molecule has 0 aromatic heterocycles. The average Bonchev–Trinajstić information content (AvgIpc) is 2.75. The fourth-order valence-corrected chi connectivity index (χ4v) is 3.64. The summed E-state index contributed by atoms with van der Waals surface area (Å²) in [6.07, 6.45) is 0.748. The van der Waals surface area contributed by atoms with Crippen LogP contribution < -0.4 is 10.6 Å². The molecule has 0 aliphatic rings. The van der Waals surface area contributed by atoms with Crippen LogP contribution in [0, 0.1) is 6.92 Å². The van der Waals surface area contributed by atoms with Gasteiger partial charge in [0.05, 0.1) is 11.0 Å². The van der Waals surface area contributed by atoms with Gasteiger partial charge >= 0.3 is 0 Å². The first-order valence-corrected chi connectivity index (χ1v) is 11.0. The van der Waals surface area contributed by atoms with Crippen LogP contribution in [0.25, 0.3) is 0 Å². The number of rotatable bonds is 8. The van der Waals surface area contributed by atoms with E-state index in [1.54, 1.807) is 0 Å². The van der Waals surface area contributed by atoms with E-state index in [1.165, 1.54) is 17.3 Å². The number of hydrogen-bond donors (Lipinski definition) is 2. The molecule has 0 aliphatic carbocycles. The Hall–Kier alpha value is -3.05. The lowest BCUT2D eigenvalue weighted by Gasteiger charge is -2.15. The van der Waals surface area contributed by atoms with Crippen molar-refractivity contribution in [2.24, 2.45) is 0 Å². The minimum Gasteiger partial charge on any atom is -0.325 e. The molecule has 0 radical (unpaired) electrons. The van der Waals surface area contributed by atoms with E-state index >= 15 is 0 Å². The Kier molecular flexibility index (Phi) is 7.69. The van der Waals surface area contributed by atoms with Crippen molar-refractivity contribution in [2.45, 2.75) is 25.5 Å². The lowest BCUT2D eigenvalue weighted by Crippen LogP contribution is -2.25. The molecule has 2 amide bonds. The topological polar surface area (TPSA) is 58.2 Å². The molecule has 1 atom stereocenters. The second kappa shape index (κ2) is 10.6. The molecule has 0 aliphatic heterocycles. The normalized spacial score (nSPS) is 11.5. The maximum Gasteiger partial charge on any atom is 0.237 e. The Morgan fingerprint density at radius 2 is 1.53 bits per heavy atom. The van der Waals surface area contributed by atoms with E-state index in [-0.39, 0.29) is 22.8 Å². The van der Waals surface area contributed by atoms with Crippen molar-refractivity contribution in [3.8, 4) is 0 Å². The second-order valence-electron chi connectivity index (χ2n) is 7.18. The Balaban J connectivity index is 1.53. The quantitative estimate of drug-likeness (QED) is 0.523. The first-order valence-electron chi connectivity index (χ1n) is 9.92.